The van der Waals surface area contributed by atoms with Gasteiger partial charge in [0.25, 0.3) is 0 Å². The molecular weight excluding hydrogens is 342 g/mol. The molecule has 1 amide bonds. The van der Waals surface area contributed by atoms with Gasteiger partial charge >= 0.3 is 6.09 Å². The third-order valence-electron chi connectivity index (χ3n) is 3.93. The van der Waals surface area contributed by atoms with Crippen LogP contribution in [0.1, 0.15) is 29.5 Å². The Morgan fingerprint density at radius 3 is 2.55 bits per heavy atom. The molecule has 0 heterocycles. The Kier molecular flexibility index (Phi) is 4.78. The van der Waals surface area contributed by atoms with Gasteiger partial charge in [0, 0.05) is 10.2 Å². The molecule has 0 aliphatic heterocycles. The monoisotopic (exact) mass is 359 g/mol. The SMILES string of the molecule is O=C(Nc1ccc(Br)c2c1CCCC2)OCc1ccccc1. The normalized spacial score (nSPS) is 13.3. The predicted molar refractivity (Wildman–Crippen MR) is 91.0 cm³/mol. The number of carbonyl (C=O) groups is 1. The molecule has 0 bridgehead atoms. The Hall–Kier alpha value is -1.81. The van der Waals surface area contributed by atoms with Gasteiger partial charge in [0.05, 0.1) is 0 Å². The van der Waals surface area contributed by atoms with E-state index >= 15 is 0 Å². The molecule has 2 aromatic rings. The number of hydrogen-bond donors (Lipinski definition) is 1. The van der Waals surface area contributed by atoms with E-state index in [1.807, 2.05) is 42.5 Å². The molecule has 0 spiro atoms. The van der Waals surface area contributed by atoms with Crippen LogP contribution >= 0.6 is 15.9 Å². The van der Waals surface area contributed by atoms with Crippen LogP contribution in [0.2, 0.25) is 0 Å². The summed E-state index contributed by atoms with van der Waals surface area (Å²) in [4.78, 5) is 12.0. The van der Waals surface area contributed by atoms with Crippen molar-refractivity contribution in [2.45, 2.75) is 32.3 Å². The molecule has 3 nitrogen and oxygen atoms in total. The molecule has 0 unspecified atom stereocenters. The number of nitrogens with one attached hydrogen (secondary N) is 1. The summed E-state index contributed by atoms with van der Waals surface area (Å²) in [6.07, 6.45) is 4.03. The van der Waals surface area contributed by atoms with Crippen molar-refractivity contribution in [3.8, 4) is 0 Å². The fourth-order valence-electron chi connectivity index (χ4n) is 2.81. The Balaban J connectivity index is 1.67. The molecule has 1 aliphatic carbocycles. The zero-order chi connectivity index (χ0) is 15.4. The smallest absolute Gasteiger partial charge is 0.411 e. The van der Waals surface area contributed by atoms with Crippen molar-refractivity contribution in [2.75, 3.05) is 5.32 Å². The average Bonchev–Trinajstić information content (AvgIpc) is 2.57. The second-order valence-corrected chi connectivity index (χ2v) is 6.30. The van der Waals surface area contributed by atoms with E-state index in [2.05, 4.69) is 21.2 Å². The lowest BCUT2D eigenvalue weighted by atomic mass is 9.90. The first kappa shape index (κ1) is 15.1. The van der Waals surface area contributed by atoms with Crippen LogP contribution in [0.15, 0.2) is 46.9 Å². The highest BCUT2D eigenvalue weighted by atomic mass is 79.9. The lowest BCUT2D eigenvalue weighted by molar-refractivity contribution is 0.155. The van der Waals surface area contributed by atoms with Gasteiger partial charge in [-0.05, 0) is 54.5 Å². The van der Waals surface area contributed by atoms with E-state index in [9.17, 15) is 4.79 Å². The molecule has 1 N–H and O–H groups in total. The highest BCUT2D eigenvalue weighted by Crippen LogP contribution is 2.33. The van der Waals surface area contributed by atoms with Gasteiger partial charge in [0.15, 0.2) is 0 Å². The fraction of sp³-hybridized carbons (Fsp3) is 0.278. The van der Waals surface area contributed by atoms with Gasteiger partial charge in [0.2, 0.25) is 0 Å². The molecule has 2 aromatic carbocycles. The van der Waals surface area contributed by atoms with Gasteiger partial charge < -0.3 is 4.74 Å². The van der Waals surface area contributed by atoms with Crippen molar-refractivity contribution in [3.05, 3.63) is 63.6 Å². The lowest BCUT2D eigenvalue weighted by Crippen LogP contribution is -2.16. The summed E-state index contributed by atoms with van der Waals surface area (Å²) in [5.74, 6) is 0. The summed E-state index contributed by atoms with van der Waals surface area (Å²) in [5.41, 5.74) is 4.40. The molecule has 0 radical (unpaired) electrons. The Bertz CT molecular complexity index is 670. The topological polar surface area (TPSA) is 38.3 Å². The number of hydrogen-bond acceptors (Lipinski definition) is 2. The minimum absolute atomic E-state index is 0.283. The van der Waals surface area contributed by atoms with Crippen molar-refractivity contribution in [1.82, 2.24) is 0 Å². The summed E-state index contributed by atoms with van der Waals surface area (Å²) in [6.45, 7) is 0.283. The average molecular weight is 360 g/mol. The molecule has 1 aliphatic rings. The number of benzene rings is 2. The van der Waals surface area contributed by atoms with Crippen LogP contribution in [0.5, 0.6) is 0 Å². The standard InChI is InChI=1S/C18H18BrNO2/c19-16-10-11-17(15-9-5-4-8-14(15)16)20-18(21)22-12-13-6-2-1-3-7-13/h1-3,6-7,10-11H,4-5,8-9,12H2,(H,20,21). The van der Waals surface area contributed by atoms with Gasteiger partial charge in [-0.25, -0.2) is 4.79 Å². The zero-order valence-corrected chi connectivity index (χ0v) is 13.9. The highest BCUT2D eigenvalue weighted by molar-refractivity contribution is 9.10. The van der Waals surface area contributed by atoms with Gasteiger partial charge in [-0.2, -0.15) is 0 Å². The number of ether oxygens (including phenoxy) is 1. The van der Waals surface area contributed by atoms with E-state index < -0.39 is 6.09 Å². The Morgan fingerprint density at radius 1 is 1.05 bits per heavy atom. The fourth-order valence-corrected chi connectivity index (χ4v) is 3.38. The maximum atomic E-state index is 12.0. The van der Waals surface area contributed by atoms with Crippen LogP contribution in [-0.2, 0) is 24.2 Å². The van der Waals surface area contributed by atoms with Crippen LogP contribution in [-0.4, -0.2) is 6.09 Å². The molecule has 0 aromatic heterocycles. The predicted octanol–water partition coefficient (Wildman–Crippen LogP) is 5.08. The van der Waals surface area contributed by atoms with Crippen LogP contribution in [0.3, 0.4) is 0 Å². The van der Waals surface area contributed by atoms with Crippen molar-refractivity contribution in [2.24, 2.45) is 0 Å². The zero-order valence-electron chi connectivity index (χ0n) is 12.3. The van der Waals surface area contributed by atoms with Gasteiger partial charge in [-0.1, -0.05) is 46.3 Å². The minimum atomic E-state index is -0.404. The van der Waals surface area contributed by atoms with Gasteiger partial charge in [-0.3, -0.25) is 5.32 Å². The van der Waals surface area contributed by atoms with Crippen molar-refractivity contribution in [1.29, 1.82) is 0 Å². The second kappa shape index (κ2) is 6.97. The van der Waals surface area contributed by atoms with E-state index in [0.29, 0.717) is 0 Å². The first-order chi connectivity index (χ1) is 10.7. The third kappa shape index (κ3) is 3.50. The summed E-state index contributed by atoms with van der Waals surface area (Å²) in [5, 5.41) is 2.89. The molecule has 0 saturated heterocycles. The largest absolute Gasteiger partial charge is 0.444 e. The summed E-state index contributed by atoms with van der Waals surface area (Å²) in [7, 11) is 0. The maximum absolute atomic E-state index is 12.0. The highest BCUT2D eigenvalue weighted by Gasteiger charge is 2.17. The number of anilines is 1. The molecule has 0 atom stereocenters. The van der Waals surface area contributed by atoms with Gasteiger partial charge in [-0.15, -0.1) is 0 Å². The molecule has 114 valence electrons. The molecule has 0 saturated carbocycles. The van der Waals surface area contributed by atoms with E-state index in [4.69, 9.17) is 4.74 Å². The minimum Gasteiger partial charge on any atom is -0.444 e. The number of fused-ring (bicyclic) bond motifs is 1. The van der Waals surface area contributed by atoms with E-state index in [0.717, 1.165) is 35.0 Å². The van der Waals surface area contributed by atoms with Crippen LogP contribution in [0.25, 0.3) is 0 Å². The first-order valence-corrected chi connectivity index (χ1v) is 8.31. The number of amides is 1. The van der Waals surface area contributed by atoms with Crippen LogP contribution < -0.4 is 5.32 Å². The second-order valence-electron chi connectivity index (χ2n) is 5.45. The number of rotatable bonds is 3. The first-order valence-electron chi connectivity index (χ1n) is 7.52. The quantitative estimate of drug-likeness (QED) is 0.829. The molecule has 3 rings (SSSR count). The molecule has 22 heavy (non-hydrogen) atoms. The number of halogens is 1. The van der Waals surface area contributed by atoms with Crippen molar-refractivity contribution in [3.63, 3.8) is 0 Å². The maximum Gasteiger partial charge on any atom is 0.411 e. The summed E-state index contributed by atoms with van der Waals surface area (Å²) < 4.78 is 6.42. The molecular formula is C18H18BrNO2. The summed E-state index contributed by atoms with van der Waals surface area (Å²) >= 11 is 3.60. The van der Waals surface area contributed by atoms with Crippen LogP contribution in [0, 0.1) is 0 Å². The van der Waals surface area contributed by atoms with Gasteiger partial charge in [0.1, 0.15) is 6.61 Å². The molecule has 4 heteroatoms. The Morgan fingerprint density at radius 2 is 1.77 bits per heavy atom. The lowest BCUT2D eigenvalue weighted by Gasteiger charge is -2.21. The third-order valence-corrected chi connectivity index (χ3v) is 4.67. The molecule has 0 fully saturated rings. The number of carbonyl (C=O) groups excluding carboxylic acids is 1. The van der Waals surface area contributed by atoms with Crippen LogP contribution in [0.4, 0.5) is 10.5 Å². The van der Waals surface area contributed by atoms with E-state index in [-0.39, 0.29) is 6.61 Å². The Labute approximate surface area is 138 Å². The van der Waals surface area contributed by atoms with Crippen molar-refractivity contribution >= 4 is 27.7 Å². The summed E-state index contributed by atoms with van der Waals surface area (Å²) in [6, 6.07) is 13.6. The van der Waals surface area contributed by atoms with Crippen molar-refractivity contribution < 1.29 is 9.53 Å². The van der Waals surface area contributed by atoms with E-state index in [1.165, 1.54) is 17.5 Å². The van der Waals surface area contributed by atoms with E-state index in [1.54, 1.807) is 0 Å².